The molecule has 1 unspecified atom stereocenters. The molecule has 2 aliphatic heterocycles. The van der Waals surface area contributed by atoms with Crippen molar-refractivity contribution in [2.24, 2.45) is 4.66 Å². The summed E-state index contributed by atoms with van der Waals surface area (Å²) in [6.45, 7) is 6.68. The van der Waals surface area contributed by atoms with Gasteiger partial charge >= 0.3 is 0 Å². The predicted octanol–water partition coefficient (Wildman–Crippen LogP) is 31.0. The molecule has 1 atom stereocenters. The number of fused-ring (bicyclic) bond motifs is 13. The van der Waals surface area contributed by atoms with Crippen LogP contribution in [-0.2, 0) is 11.8 Å². The Morgan fingerprint density at radius 3 is 1.11 bits per heavy atom. The summed E-state index contributed by atoms with van der Waals surface area (Å²) in [7, 11) is 9.12. The number of anilines is 9. The van der Waals surface area contributed by atoms with Crippen molar-refractivity contribution in [1.82, 2.24) is 28.9 Å². The highest BCUT2D eigenvalue weighted by Gasteiger charge is 2.41. The van der Waals surface area contributed by atoms with E-state index in [0.29, 0.717) is 6.17 Å². The maximum absolute atomic E-state index is 4.63. The van der Waals surface area contributed by atoms with E-state index in [1.54, 1.807) is 0 Å². The minimum atomic E-state index is 0.108. The van der Waals surface area contributed by atoms with Crippen molar-refractivity contribution < 1.29 is 0 Å². The fraction of sp³-hybridized carbons (Fsp3) is 0.0593. The highest BCUT2D eigenvalue weighted by molar-refractivity contribution is 7.05. The highest BCUT2D eigenvalue weighted by Crippen LogP contribution is 2.49. The number of pyridine rings is 1. The van der Waals surface area contributed by atoms with Crippen molar-refractivity contribution in [3.05, 3.63) is 478 Å². The lowest BCUT2D eigenvalue weighted by Crippen LogP contribution is -2.36. The van der Waals surface area contributed by atoms with Crippen LogP contribution in [0.4, 0.5) is 51.3 Å². The largest absolute Gasteiger partial charge is 0.351 e. The Balaban J connectivity index is 0.000000113. The molecule has 6 heterocycles. The number of aromatic nitrogens is 6. The van der Waals surface area contributed by atoms with Crippen LogP contribution in [0, 0.1) is 0 Å². The van der Waals surface area contributed by atoms with Gasteiger partial charge < -0.3 is 33.4 Å². The number of hydrogen-bond donors (Lipinski definition) is 0. The van der Waals surface area contributed by atoms with Crippen LogP contribution in [0.25, 0.3) is 127 Å². The maximum atomic E-state index is 4.63. The highest BCUT2D eigenvalue weighted by atomic mass is 31.0. The molecule has 0 aliphatic carbocycles. The summed E-state index contributed by atoms with van der Waals surface area (Å²) in [4.78, 5) is 13.9. The molecule has 0 saturated carbocycles. The fourth-order valence-corrected chi connectivity index (χ4v) is 18.6. The molecule has 0 saturated heterocycles. The first-order chi connectivity index (χ1) is 64.5. The van der Waals surface area contributed by atoms with Gasteiger partial charge in [0.25, 0.3) is 7.98 Å². The molecule has 0 amide bonds. The van der Waals surface area contributed by atoms with Crippen LogP contribution in [0.5, 0.6) is 0 Å². The SMILES string of the molecule is CC(C)(C)c1ccc(-c2nnc(-c3ccc(-c4ccccc4)cc3)n2-c2ccccc2)cc1.CN1c2cccnc2N2c3ccccc3CC12.[B]N=P.c1cc(-n2c3ccccc3c3ccccc32)cc(-n2c3ccccc3c3ccccc32)c1.c1ccc(N(c2ccc(-c3ccc(N(c4ccccc4)c4cccc5ccccc45)cc3)cc2)c2cccc3ccccc23)cc1. The lowest BCUT2D eigenvalue weighted by Gasteiger charge is -2.27. The van der Waals surface area contributed by atoms with Crippen molar-refractivity contribution in [2.75, 3.05) is 26.6 Å². The van der Waals surface area contributed by atoms with Gasteiger partial charge in [0.15, 0.2) is 17.5 Å². The Morgan fingerprint density at radius 1 is 0.321 bits per heavy atom. The summed E-state index contributed by atoms with van der Waals surface area (Å²) in [6, 6.07) is 163. The van der Waals surface area contributed by atoms with Crippen molar-refractivity contribution in [3.63, 3.8) is 0 Å². The lowest BCUT2D eigenvalue weighted by atomic mass is 9.86. The van der Waals surface area contributed by atoms with Gasteiger partial charge in [0.05, 0.1) is 39.1 Å². The van der Waals surface area contributed by atoms with E-state index in [4.69, 9.17) is 0 Å². The molecule has 24 rings (SSSR count). The Kier molecular flexibility index (Phi) is 23.4. The van der Waals surface area contributed by atoms with Crippen molar-refractivity contribution in [2.45, 2.75) is 38.8 Å². The summed E-state index contributed by atoms with van der Waals surface area (Å²) in [5.41, 5.74) is 27.3. The van der Waals surface area contributed by atoms with Gasteiger partial charge in [0, 0.05) is 109 Å². The van der Waals surface area contributed by atoms with Crippen LogP contribution in [0.15, 0.2) is 472 Å². The molecule has 2 radical (unpaired) electrons. The molecule has 0 spiro atoms. The predicted molar refractivity (Wildman–Crippen MR) is 553 cm³/mol. The quantitative estimate of drug-likeness (QED) is 0.0840. The second-order valence-corrected chi connectivity index (χ2v) is 34.0. The van der Waals surface area contributed by atoms with Gasteiger partial charge in [0.2, 0.25) is 0 Å². The average molecular weight is 1710 g/mol. The first-order valence-corrected chi connectivity index (χ1v) is 44.8. The monoisotopic (exact) mass is 1710 g/mol. The third-order valence-corrected chi connectivity index (χ3v) is 24.8. The number of benzene rings is 18. The topological polar surface area (TPSA) is 78.8 Å². The van der Waals surface area contributed by atoms with Gasteiger partial charge in [0.1, 0.15) is 6.17 Å². The number of para-hydroxylation sites is 8. The first-order valence-electron chi connectivity index (χ1n) is 44.3. The molecule has 11 nitrogen and oxygen atoms in total. The molecular weight excluding hydrogens is 1610 g/mol. The van der Waals surface area contributed by atoms with Gasteiger partial charge in [-0.25, -0.2) is 4.98 Å². The molecule has 0 N–H and O–H groups in total. The third-order valence-electron chi connectivity index (χ3n) is 24.8. The van der Waals surface area contributed by atoms with E-state index in [9.17, 15) is 0 Å². The van der Waals surface area contributed by atoms with E-state index in [1.165, 1.54) is 121 Å². The molecule has 4 aromatic heterocycles. The molecule has 0 fully saturated rings. The Labute approximate surface area is 767 Å². The molecule has 131 heavy (non-hydrogen) atoms. The van der Waals surface area contributed by atoms with Gasteiger partial charge in [-0.15, -0.1) is 10.2 Å². The summed E-state index contributed by atoms with van der Waals surface area (Å²) < 4.78 is 9.70. The van der Waals surface area contributed by atoms with E-state index in [-0.39, 0.29) is 5.41 Å². The molecular formula is C118H93BN11P. The van der Waals surface area contributed by atoms with Crippen molar-refractivity contribution >= 4 is 133 Å². The van der Waals surface area contributed by atoms with E-state index in [2.05, 4.69) is 529 Å². The maximum Gasteiger partial charge on any atom is 0.265 e. The summed E-state index contributed by atoms with van der Waals surface area (Å²) in [5.74, 6) is 2.75. The normalized spacial score (nSPS) is 12.4. The standard InChI is InChI=1S/C44H32N2.C30H27N3.C30H20N2.C14H13N3.BHNP/c1-3-17-37(18-4-1)45(43-23-11-15-35-13-7-9-21-41(35)43)39-29-25-33(26-30-39)34-27-31-40(32-28-34)46(38-19-5-2-6-20-38)44-24-12-16-36-14-8-10-22-42(36)44;1-30(2,3)26-20-18-25(19-21-26)29-32-31-28(33(29)27-12-8-5-9-13-27)24-16-14-23(15-17-24)22-10-6-4-7-11-22;1-5-16-27-23(12-1)24-13-2-6-17-28(24)31(27)21-10-9-11-22(20-21)32-29-18-7-3-14-25(29)26-15-4-8-19-30(26)32;1-16-12-7-4-8-15-14(12)17-11-6-3-2-5-10(11)9-13(16)17;1-2-3/h1-32H;4-21H,1-3H3;1-20H;2-8,13H,9H2,1H3;3H. The van der Waals surface area contributed by atoms with Crippen LogP contribution in [0.3, 0.4) is 0 Å². The van der Waals surface area contributed by atoms with Gasteiger partial charge in [-0.05, 0) is 192 Å². The molecule has 0 bridgehead atoms. The Bertz CT molecular complexity index is 7380. The van der Waals surface area contributed by atoms with Crippen molar-refractivity contribution in [3.8, 4) is 62.1 Å². The zero-order chi connectivity index (χ0) is 88.7. The first kappa shape index (κ1) is 83.0. The lowest BCUT2D eigenvalue weighted by molar-refractivity contribution is 0.590. The second kappa shape index (κ2) is 37.0. The molecule has 13 heteroatoms. The minimum absolute atomic E-state index is 0.108. The van der Waals surface area contributed by atoms with E-state index >= 15 is 0 Å². The smallest absolute Gasteiger partial charge is 0.265 e. The Morgan fingerprint density at radius 2 is 0.656 bits per heavy atom. The minimum Gasteiger partial charge on any atom is -0.351 e. The molecule has 18 aromatic carbocycles. The van der Waals surface area contributed by atoms with Gasteiger partial charge in [-0.2, -0.15) is 0 Å². The van der Waals surface area contributed by atoms with Crippen LogP contribution in [0.2, 0.25) is 0 Å². The number of nitrogens with zero attached hydrogens (tertiary/aromatic N) is 11. The van der Waals surface area contributed by atoms with Gasteiger partial charge in [-0.3, -0.25) is 4.57 Å². The zero-order valence-electron chi connectivity index (χ0n) is 73.2. The molecule has 628 valence electrons. The van der Waals surface area contributed by atoms with E-state index < -0.39 is 0 Å². The number of hydrogen-bond acceptors (Lipinski definition) is 8. The molecule has 2 aliphatic rings. The molecule has 22 aromatic rings. The van der Waals surface area contributed by atoms with Crippen LogP contribution >= 0.6 is 9.03 Å². The van der Waals surface area contributed by atoms with Crippen LogP contribution in [0.1, 0.15) is 31.9 Å². The summed E-state index contributed by atoms with van der Waals surface area (Å²) in [6.07, 6.45) is 3.34. The third kappa shape index (κ3) is 16.6. The van der Waals surface area contributed by atoms with Gasteiger partial charge in [-0.1, -0.05) is 348 Å². The number of rotatable bonds is 13. The van der Waals surface area contributed by atoms with Crippen LogP contribution < -0.4 is 19.6 Å². The zero-order valence-corrected chi connectivity index (χ0v) is 74.2. The number of likely N-dealkylation sites (N-methyl/N-ethyl adjacent to an activating group) is 1. The Hall–Kier alpha value is -16.3. The van der Waals surface area contributed by atoms with Crippen LogP contribution in [-0.4, -0.2) is 50.1 Å². The average Bonchev–Trinajstić information content (AvgIpc) is 1.59. The fourth-order valence-electron chi connectivity index (χ4n) is 18.6. The van der Waals surface area contributed by atoms with E-state index in [1.807, 2.05) is 36.5 Å². The second-order valence-electron chi connectivity index (χ2n) is 33.7. The summed E-state index contributed by atoms with van der Waals surface area (Å²) >= 11 is 0. The summed E-state index contributed by atoms with van der Waals surface area (Å²) in [5, 5.41) is 19.3. The van der Waals surface area contributed by atoms with Crippen molar-refractivity contribution in [1.29, 1.82) is 0 Å². The van der Waals surface area contributed by atoms with E-state index in [0.717, 1.165) is 74.8 Å².